The van der Waals surface area contributed by atoms with Gasteiger partial charge in [-0.1, -0.05) is 0 Å². The number of benzene rings is 4. The van der Waals surface area contributed by atoms with E-state index in [1.165, 1.54) is 21.2 Å². The van der Waals surface area contributed by atoms with E-state index in [2.05, 4.69) is 109 Å². The molecule has 4 aromatic rings. The van der Waals surface area contributed by atoms with Crippen molar-refractivity contribution in [1.82, 2.24) is 0 Å². The molecule has 0 spiro atoms. The number of hydrogen-bond donors (Lipinski definition) is 0. The Kier molecular flexibility index (Phi) is 3.97. The first-order valence-electron chi connectivity index (χ1n) is 8.95. The summed E-state index contributed by atoms with van der Waals surface area (Å²) in [4.78, 5) is 0. The second kappa shape index (κ2) is 6.61. The van der Waals surface area contributed by atoms with E-state index in [0.717, 1.165) is 0 Å². The van der Waals surface area contributed by atoms with Crippen LogP contribution in [0.25, 0.3) is 0 Å². The van der Waals surface area contributed by atoms with E-state index in [9.17, 15) is 0 Å². The zero-order valence-electron chi connectivity index (χ0n) is 14.4. The summed E-state index contributed by atoms with van der Waals surface area (Å²) >= 11 is -1.27. The van der Waals surface area contributed by atoms with Crippen molar-refractivity contribution < 1.29 is 0 Å². The Morgan fingerprint density at radius 1 is 0.462 bits per heavy atom. The van der Waals surface area contributed by atoms with Gasteiger partial charge in [0.05, 0.1) is 0 Å². The molecule has 4 aromatic carbocycles. The first kappa shape index (κ1) is 15.6. The van der Waals surface area contributed by atoms with Gasteiger partial charge in [-0.15, -0.1) is 0 Å². The Balaban J connectivity index is 1.80. The van der Waals surface area contributed by atoms with Gasteiger partial charge in [-0.2, -0.15) is 0 Å². The van der Waals surface area contributed by atoms with Gasteiger partial charge in [0.15, 0.2) is 0 Å². The molecule has 0 aromatic heterocycles. The Morgan fingerprint density at radius 3 is 1.50 bits per heavy atom. The van der Waals surface area contributed by atoms with E-state index in [1.54, 1.807) is 8.92 Å². The van der Waals surface area contributed by atoms with E-state index in [1.807, 2.05) is 0 Å². The van der Waals surface area contributed by atoms with E-state index >= 15 is 0 Å². The molecule has 0 unspecified atom stereocenters. The Morgan fingerprint density at radius 2 is 0.923 bits per heavy atom. The molecule has 0 amide bonds. The third kappa shape index (κ3) is 2.52. The third-order valence-electron chi connectivity index (χ3n) is 5.01. The van der Waals surface area contributed by atoms with Gasteiger partial charge in [-0.25, -0.2) is 0 Å². The number of rotatable bonds is 2. The van der Waals surface area contributed by atoms with Gasteiger partial charge in [0.2, 0.25) is 0 Å². The molecule has 5 rings (SSSR count). The van der Waals surface area contributed by atoms with E-state index in [0.29, 0.717) is 5.92 Å². The molecule has 0 radical (unpaired) electrons. The SMILES string of the molecule is c1ccc(C2c3ccccc3[Se+](c3ccccc3)c3ccccc32)cc1. The van der Waals surface area contributed by atoms with Gasteiger partial charge in [0, 0.05) is 0 Å². The minimum atomic E-state index is -1.27. The van der Waals surface area contributed by atoms with Crippen LogP contribution in [0.1, 0.15) is 22.6 Å². The topological polar surface area (TPSA) is 0 Å². The molecule has 1 aliphatic rings. The fourth-order valence-corrected chi connectivity index (χ4v) is 9.04. The van der Waals surface area contributed by atoms with Crippen molar-refractivity contribution in [1.29, 1.82) is 0 Å². The van der Waals surface area contributed by atoms with Crippen LogP contribution in [0.5, 0.6) is 0 Å². The van der Waals surface area contributed by atoms with Crippen LogP contribution in [0.15, 0.2) is 109 Å². The van der Waals surface area contributed by atoms with E-state index in [-0.39, 0.29) is 0 Å². The summed E-state index contributed by atoms with van der Waals surface area (Å²) in [6.07, 6.45) is 0. The van der Waals surface area contributed by atoms with Crippen molar-refractivity contribution in [3.8, 4) is 0 Å². The van der Waals surface area contributed by atoms with Gasteiger partial charge in [-0.3, -0.25) is 0 Å². The zero-order valence-corrected chi connectivity index (χ0v) is 16.1. The van der Waals surface area contributed by atoms with Crippen LogP contribution in [0, 0.1) is 0 Å². The van der Waals surface area contributed by atoms with Crippen molar-refractivity contribution in [3.05, 3.63) is 126 Å². The summed E-state index contributed by atoms with van der Waals surface area (Å²) in [5, 5.41) is 0. The fourth-order valence-electron chi connectivity index (χ4n) is 3.91. The van der Waals surface area contributed by atoms with Crippen LogP contribution in [-0.4, -0.2) is 13.9 Å². The van der Waals surface area contributed by atoms with Gasteiger partial charge in [-0.05, 0) is 0 Å². The molecule has 1 heterocycles. The van der Waals surface area contributed by atoms with Crippen molar-refractivity contribution in [2.75, 3.05) is 0 Å². The van der Waals surface area contributed by atoms with Crippen LogP contribution < -0.4 is 13.4 Å². The van der Waals surface area contributed by atoms with E-state index < -0.39 is 13.9 Å². The number of hydrogen-bond acceptors (Lipinski definition) is 0. The van der Waals surface area contributed by atoms with Crippen molar-refractivity contribution >= 4 is 27.3 Å². The van der Waals surface area contributed by atoms with E-state index in [4.69, 9.17) is 0 Å². The molecule has 26 heavy (non-hydrogen) atoms. The van der Waals surface area contributed by atoms with Crippen LogP contribution >= 0.6 is 0 Å². The van der Waals surface area contributed by atoms with Crippen LogP contribution in [0.2, 0.25) is 0 Å². The molecule has 1 aliphatic heterocycles. The molecule has 0 N–H and O–H groups in total. The average molecular weight is 398 g/mol. The molecule has 0 saturated carbocycles. The number of fused-ring (bicyclic) bond motifs is 2. The van der Waals surface area contributed by atoms with Crippen LogP contribution in [0.3, 0.4) is 0 Å². The Bertz CT molecular complexity index is 905. The van der Waals surface area contributed by atoms with Gasteiger partial charge < -0.3 is 0 Å². The average Bonchev–Trinajstić information content (AvgIpc) is 2.73. The molecule has 0 fully saturated rings. The fraction of sp³-hybridized carbons (Fsp3) is 0.0400. The Labute approximate surface area is 159 Å². The van der Waals surface area contributed by atoms with Gasteiger partial charge in [0.25, 0.3) is 0 Å². The van der Waals surface area contributed by atoms with Crippen molar-refractivity contribution in [2.45, 2.75) is 5.92 Å². The molecule has 1 heteroatoms. The molecule has 124 valence electrons. The second-order valence-corrected chi connectivity index (χ2v) is 10.7. The normalized spacial score (nSPS) is 18.0. The van der Waals surface area contributed by atoms with Gasteiger partial charge in [0.1, 0.15) is 0 Å². The molecule has 0 saturated heterocycles. The molecule has 0 bridgehead atoms. The maximum atomic E-state index is 2.36. The first-order chi connectivity index (χ1) is 12.9. The third-order valence-corrected chi connectivity index (χ3v) is 9.98. The quantitative estimate of drug-likeness (QED) is 0.398. The molecular weight excluding hydrogens is 379 g/mol. The minimum absolute atomic E-state index is 0.326. The maximum absolute atomic E-state index is 2.36. The predicted octanol–water partition coefficient (Wildman–Crippen LogP) is 3.70. The first-order valence-corrected chi connectivity index (χ1v) is 11.5. The standard InChI is InChI=1S/C25H19Se/c1-3-11-19(12-4-1)25-21-15-7-9-17-23(21)26(20-13-5-2-6-14-20)24-18-10-8-16-22(24)25/h1-18,25H/q+1. The molecule has 0 atom stereocenters. The van der Waals surface area contributed by atoms with Crippen LogP contribution in [0.4, 0.5) is 0 Å². The van der Waals surface area contributed by atoms with Gasteiger partial charge >= 0.3 is 159 Å². The monoisotopic (exact) mass is 399 g/mol. The molecular formula is C25H19Se+. The summed E-state index contributed by atoms with van der Waals surface area (Å²) in [5.41, 5.74) is 4.34. The summed E-state index contributed by atoms with van der Waals surface area (Å²) in [6, 6.07) is 40.2. The van der Waals surface area contributed by atoms with Crippen molar-refractivity contribution in [3.63, 3.8) is 0 Å². The van der Waals surface area contributed by atoms with Crippen molar-refractivity contribution in [2.24, 2.45) is 0 Å². The summed E-state index contributed by atoms with van der Waals surface area (Å²) in [5.74, 6) is 0.326. The summed E-state index contributed by atoms with van der Waals surface area (Å²) in [6.45, 7) is 0. The summed E-state index contributed by atoms with van der Waals surface area (Å²) < 4.78 is 4.58. The molecule has 0 nitrogen and oxygen atoms in total. The zero-order chi connectivity index (χ0) is 17.3. The molecule has 0 aliphatic carbocycles. The Hall–Kier alpha value is -2.60. The predicted molar refractivity (Wildman–Crippen MR) is 111 cm³/mol. The second-order valence-electron chi connectivity index (χ2n) is 6.54. The summed E-state index contributed by atoms with van der Waals surface area (Å²) in [7, 11) is 0. The van der Waals surface area contributed by atoms with Crippen LogP contribution in [-0.2, 0) is 0 Å².